The molecular formula is C23H24O. The van der Waals surface area contributed by atoms with Crippen molar-refractivity contribution in [2.75, 3.05) is 0 Å². The van der Waals surface area contributed by atoms with Gasteiger partial charge in [0, 0.05) is 6.42 Å². The van der Waals surface area contributed by atoms with Gasteiger partial charge in [0.15, 0.2) is 0 Å². The molecule has 1 spiro atoms. The Bertz CT molecular complexity index is 888. The van der Waals surface area contributed by atoms with E-state index in [-0.39, 0.29) is 5.41 Å². The summed E-state index contributed by atoms with van der Waals surface area (Å²) >= 11 is 0. The van der Waals surface area contributed by atoms with Crippen molar-refractivity contribution in [3.05, 3.63) is 58.7 Å². The third kappa shape index (κ3) is 1.79. The van der Waals surface area contributed by atoms with E-state index < -0.39 is 0 Å². The number of allylic oxidation sites excluding steroid dienone is 2. The lowest BCUT2D eigenvalue weighted by Crippen LogP contribution is -2.43. The summed E-state index contributed by atoms with van der Waals surface area (Å²) in [6, 6.07) is 11.5. The van der Waals surface area contributed by atoms with Gasteiger partial charge >= 0.3 is 0 Å². The maximum Gasteiger partial charge on any atom is 0.144 e. The van der Waals surface area contributed by atoms with Crippen LogP contribution in [0.15, 0.2) is 42.0 Å². The summed E-state index contributed by atoms with van der Waals surface area (Å²) in [4.78, 5) is 13.1. The van der Waals surface area contributed by atoms with Gasteiger partial charge in [0.2, 0.25) is 0 Å². The number of carbonyl (C=O) groups excluding carboxylic acids is 1. The molecule has 2 aromatic rings. The number of fused-ring (bicyclic) bond motifs is 6. The first-order chi connectivity index (χ1) is 11.7. The van der Waals surface area contributed by atoms with Crippen molar-refractivity contribution in [1.29, 1.82) is 0 Å². The van der Waals surface area contributed by atoms with Crippen LogP contribution >= 0.6 is 0 Å². The first-order valence-electron chi connectivity index (χ1n) is 9.48. The van der Waals surface area contributed by atoms with Gasteiger partial charge in [0.05, 0.1) is 5.41 Å². The molecule has 2 unspecified atom stereocenters. The number of rotatable bonds is 2. The second-order valence-electron chi connectivity index (χ2n) is 7.97. The van der Waals surface area contributed by atoms with Crippen molar-refractivity contribution < 1.29 is 4.79 Å². The first-order valence-corrected chi connectivity index (χ1v) is 9.48. The highest BCUT2D eigenvalue weighted by molar-refractivity contribution is 5.97. The molecule has 122 valence electrons. The fraction of sp³-hybridized carbons (Fsp3) is 0.435. The number of ketones is 1. The molecule has 0 N–H and O–H groups in total. The van der Waals surface area contributed by atoms with E-state index in [4.69, 9.17) is 0 Å². The van der Waals surface area contributed by atoms with E-state index in [1.807, 2.05) is 0 Å². The second kappa shape index (κ2) is 5.05. The summed E-state index contributed by atoms with van der Waals surface area (Å²) < 4.78 is 0. The topological polar surface area (TPSA) is 17.1 Å². The van der Waals surface area contributed by atoms with Gasteiger partial charge in [-0.25, -0.2) is 0 Å². The van der Waals surface area contributed by atoms with E-state index in [0.717, 1.165) is 44.9 Å². The van der Waals surface area contributed by atoms with Crippen LogP contribution in [0.3, 0.4) is 0 Å². The van der Waals surface area contributed by atoms with Gasteiger partial charge < -0.3 is 0 Å². The monoisotopic (exact) mass is 316 g/mol. The van der Waals surface area contributed by atoms with E-state index in [9.17, 15) is 4.79 Å². The van der Waals surface area contributed by atoms with Crippen LogP contribution in [-0.2, 0) is 23.1 Å². The lowest BCUT2D eigenvalue weighted by Gasteiger charge is -2.40. The minimum atomic E-state index is -0.189. The summed E-state index contributed by atoms with van der Waals surface area (Å²) in [6.07, 6.45) is 9.58. The number of aryl methyl sites for hydroxylation is 2. The van der Waals surface area contributed by atoms with E-state index in [1.165, 1.54) is 33.0 Å². The summed E-state index contributed by atoms with van der Waals surface area (Å²) in [5.41, 5.74) is 5.59. The third-order valence-corrected chi connectivity index (χ3v) is 6.72. The number of Topliss-reactive ketones (excluding diaryl/α,β-unsaturated/α-hetero) is 1. The minimum Gasteiger partial charge on any atom is -0.299 e. The number of carbonyl (C=O) groups is 1. The molecule has 5 rings (SSSR count). The summed E-state index contributed by atoms with van der Waals surface area (Å²) in [5, 5.41) is 2.73. The Morgan fingerprint density at radius 1 is 1.21 bits per heavy atom. The van der Waals surface area contributed by atoms with Crippen LogP contribution in [-0.4, -0.2) is 5.78 Å². The number of hydrogen-bond acceptors (Lipinski definition) is 1. The summed E-state index contributed by atoms with van der Waals surface area (Å²) in [6.45, 7) is 2.24. The zero-order chi connectivity index (χ0) is 16.3. The van der Waals surface area contributed by atoms with Gasteiger partial charge in [0.1, 0.15) is 5.78 Å². The molecule has 3 aliphatic carbocycles. The molecule has 1 heteroatoms. The van der Waals surface area contributed by atoms with Crippen LogP contribution in [0.5, 0.6) is 0 Å². The molecule has 0 amide bonds. The number of hydrogen-bond donors (Lipinski definition) is 0. The van der Waals surface area contributed by atoms with Gasteiger partial charge in [-0.3, -0.25) is 4.79 Å². The molecule has 0 saturated heterocycles. The van der Waals surface area contributed by atoms with Crippen molar-refractivity contribution >= 4 is 16.6 Å². The van der Waals surface area contributed by atoms with Crippen molar-refractivity contribution in [3.8, 4) is 0 Å². The molecule has 2 atom stereocenters. The molecular weight excluding hydrogens is 292 g/mol. The average Bonchev–Trinajstić information content (AvgIpc) is 3.20. The Hall–Kier alpha value is -1.89. The molecule has 3 aliphatic rings. The molecule has 24 heavy (non-hydrogen) atoms. The Morgan fingerprint density at radius 3 is 2.88 bits per heavy atom. The average molecular weight is 316 g/mol. The standard InChI is InChI=1S/C23H24O/c1-2-4-16-5-3-6-17-12-18-8-10-22(24)23(21(18)13-20(16)17)14-15-7-9-19(23)11-15/h3,5-7,12-13,19H,2,4,8-11,14H2,1H3. The van der Waals surface area contributed by atoms with Gasteiger partial charge in [0.25, 0.3) is 0 Å². The molecule has 1 nitrogen and oxygen atoms in total. The zero-order valence-electron chi connectivity index (χ0n) is 14.4. The predicted molar refractivity (Wildman–Crippen MR) is 98.4 cm³/mol. The molecule has 0 radical (unpaired) electrons. The summed E-state index contributed by atoms with van der Waals surface area (Å²) in [5.74, 6) is 1.03. The smallest absolute Gasteiger partial charge is 0.144 e. The Kier molecular flexibility index (Phi) is 3.04. The molecule has 0 aromatic heterocycles. The van der Waals surface area contributed by atoms with E-state index in [1.54, 1.807) is 0 Å². The Morgan fingerprint density at radius 2 is 2.12 bits per heavy atom. The highest BCUT2D eigenvalue weighted by atomic mass is 16.1. The van der Waals surface area contributed by atoms with Crippen LogP contribution in [0.2, 0.25) is 0 Å². The lowest BCUT2D eigenvalue weighted by molar-refractivity contribution is -0.126. The van der Waals surface area contributed by atoms with Crippen molar-refractivity contribution in [2.45, 2.75) is 57.3 Å². The van der Waals surface area contributed by atoms with Crippen molar-refractivity contribution in [3.63, 3.8) is 0 Å². The minimum absolute atomic E-state index is 0.189. The van der Waals surface area contributed by atoms with E-state index >= 15 is 0 Å². The van der Waals surface area contributed by atoms with Gasteiger partial charge in [-0.2, -0.15) is 0 Å². The second-order valence-corrected chi connectivity index (χ2v) is 7.97. The van der Waals surface area contributed by atoms with Crippen LogP contribution < -0.4 is 0 Å². The SMILES string of the molecule is CCCc1cccc2cc3c(cc12)C1(CC2=CCC1C2)C(=O)CC3. The van der Waals surface area contributed by atoms with Gasteiger partial charge in [-0.05, 0) is 71.6 Å². The fourth-order valence-electron chi connectivity index (χ4n) is 5.62. The highest BCUT2D eigenvalue weighted by Gasteiger charge is 2.55. The van der Waals surface area contributed by atoms with Crippen molar-refractivity contribution in [2.24, 2.45) is 5.92 Å². The fourth-order valence-corrected chi connectivity index (χ4v) is 5.62. The van der Waals surface area contributed by atoms with E-state index in [0.29, 0.717) is 11.7 Å². The third-order valence-electron chi connectivity index (χ3n) is 6.72. The van der Waals surface area contributed by atoms with Gasteiger partial charge in [-0.1, -0.05) is 49.3 Å². The quantitative estimate of drug-likeness (QED) is 0.688. The highest BCUT2D eigenvalue weighted by Crippen LogP contribution is 2.57. The van der Waals surface area contributed by atoms with Crippen molar-refractivity contribution in [1.82, 2.24) is 0 Å². The van der Waals surface area contributed by atoms with Crippen LogP contribution in [0.1, 0.15) is 55.7 Å². The van der Waals surface area contributed by atoms with Crippen LogP contribution in [0.25, 0.3) is 10.8 Å². The molecule has 2 aromatic carbocycles. The maximum atomic E-state index is 13.1. The molecule has 0 aliphatic heterocycles. The molecule has 1 saturated carbocycles. The molecule has 0 heterocycles. The zero-order valence-corrected chi connectivity index (χ0v) is 14.4. The predicted octanol–water partition coefficient (Wildman–Crippen LogP) is 5.29. The number of benzene rings is 2. The maximum absolute atomic E-state index is 13.1. The normalized spacial score (nSPS) is 27.8. The first kappa shape index (κ1) is 14.5. The molecule has 1 fully saturated rings. The van der Waals surface area contributed by atoms with E-state index in [2.05, 4.69) is 43.3 Å². The Labute approximate surface area is 143 Å². The van der Waals surface area contributed by atoms with Gasteiger partial charge in [-0.15, -0.1) is 0 Å². The Balaban J connectivity index is 1.77. The van der Waals surface area contributed by atoms with Crippen LogP contribution in [0.4, 0.5) is 0 Å². The lowest BCUT2D eigenvalue weighted by atomic mass is 9.61. The molecule has 2 bridgehead atoms. The van der Waals surface area contributed by atoms with Crippen LogP contribution in [0, 0.1) is 5.92 Å². The summed E-state index contributed by atoms with van der Waals surface area (Å²) in [7, 11) is 0. The largest absolute Gasteiger partial charge is 0.299 e.